The molecule has 1 amide bonds. The van der Waals surface area contributed by atoms with E-state index in [2.05, 4.69) is 93.1 Å². The van der Waals surface area contributed by atoms with Gasteiger partial charge in [-0.2, -0.15) is 0 Å². The Morgan fingerprint density at radius 1 is 0.714 bits per heavy atom. The van der Waals surface area contributed by atoms with Gasteiger partial charge in [0.25, 0.3) is 5.91 Å². The minimum Gasteiger partial charge on any atom is -0.334 e. The van der Waals surface area contributed by atoms with E-state index in [1.165, 1.54) is 10.6 Å². The second-order valence-electron chi connectivity index (χ2n) is 12.0. The molecule has 4 nitrogen and oxygen atoms in total. The fourth-order valence-electron chi connectivity index (χ4n) is 5.23. The molecule has 0 aliphatic rings. The Labute approximate surface area is 255 Å². The minimum absolute atomic E-state index is 0.00456. The number of hydrogen-bond donors (Lipinski definition) is 1. The minimum atomic E-state index is -1.38. The average molecular weight is 599 g/mol. The zero-order chi connectivity index (χ0) is 30.4. The molecule has 0 spiro atoms. The van der Waals surface area contributed by atoms with Gasteiger partial charge in [0.05, 0.1) is 27.3 Å². The predicted molar refractivity (Wildman–Crippen MR) is 181 cm³/mol. The molecule has 0 saturated heterocycles. The molecule has 220 valence electrons. The van der Waals surface area contributed by atoms with E-state index in [1.54, 1.807) is 0 Å². The molecule has 4 aromatic carbocycles. The van der Waals surface area contributed by atoms with Crippen LogP contribution in [0.3, 0.4) is 0 Å². The quantitative estimate of drug-likeness (QED) is 0.203. The van der Waals surface area contributed by atoms with Crippen molar-refractivity contribution in [2.75, 3.05) is 0 Å². The first-order valence-corrected chi connectivity index (χ1v) is 17.1. The van der Waals surface area contributed by atoms with E-state index in [4.69, 9.17) is 0 Å². The Kier molecular flexibility index (Phi) is 10.5. The van der Waals surface area contributed by atoms with Crippen LogP contribution in [0, 0.1) is 0 Å². The van der Waals surface area contributed by atoms with E-state index in [9.17, 15) is 9.00 Å². The lowest BCUT2D eigenvalue weighted by Crippen LogP contribution is -2.45. The highest BCUT2D eigenvalue weighted by molar-refractivity contribution is 7.84. The first-order valence-electron chi connectivity index (χ1n) is 14.6. The Morgan fingerprint density at radius 2 is 1.19 bits per heavy atom. The number of nitrogens with one attached hydrogen (secondary N) is 1. The molecule has 0 bridgehead atoms. The molecule has 6 heteroatoms. The van der Waals surface area contributed by atoms with E-state index in [1.807, 2.05) is 74.2 Å². The average Bonchev–Trinajstić information content (AvgIpc) is 2.96. The third kappa shape index (κ3) is 7.26. The Bertz CT molecular complexity index is 1440. The first kappa shape index (κ1) is 31.8. The summed E-state index contributed by atoms with van der Waals surface area (Å²) in [5, 5.41) is 3.35. The van der Waals surface area contributed by atoms with E-state index in [-0.39, 0.29) is 18.0 Å². The summed E-state index contributed by atoms with van der Waals surface area (Å²) >= 11 is 0. The molecule has 0 heterocycles. The van der Waals surface area contributed by atoms with E-state index < -0.39 is 29.7 Å². The van der Waals surface area contributed by atoms with Crippen molar-refractivity contribution < 1.29 is 9.00 Å². The number of amides is 1. The van der Waals surface area contributed by atoms with E-state index in [0.717, 1.165) is 16.4 Å². The van der Waals surface area contributed by atoms with E-state index >= 15 is 0 Å². The van der Waals surface area contributed by atoms with Crippen LogP contribution < -0.4 is 20.6 Å². The third-order valence-electron chi connectivity index (χ3n) is 7.13. The van der Waals surface area contributed by atoms with Gasteiger partial charge in [-0.15, -0.1) is 0 Å². The normalized spacial score (nSPS) is 13.4. The molecule has 0 aromatic heterocycles. The van der Waals surface area contributed by atoms with Crippen LogP contribution in [-0.2, 0) is 11.0 Å². The molecular formula is C36H43N2O2PS. The van der Waals surface area contributed by atoms with Crippen LogP contribution >= 0.6 is 7.92 Å². The van der Waals surface area contributed by atoms with Gasteiger partial charge in [0.15, 0.2) is 0 Å². The highest BCUT2D eigenvalue weighted by Crippen LogP contribution is 2.38. The summed E-state index contributed by atoms with van der Waals surface area (Å²) in [6.45, 7) is 14.2. The van der Waals surface area contributed by atoms with Crippen molar-refractivity contribution in [3.8, 4) is 0 Å². The lowest BCUT2D eigenvalue weighted by atomic mass is 9.94. The van der Waals surface area contributed by atoms with Crippen molar-refractivity contribution in [2.45, 2.75) is 71.3 Å². The zero-order valence-corrected chi connectivity index (χ0v) is 27.5. The van der Waals surface area contributed by atoms with Crippen molar-refractivity contribution >= 4 is 40.7 Å². The van der Waals surface area contributed by atoms with Gasteiger partial charge in [-0.05, 0) is 83.4 Å². The fraction of sp³-hybridized carbons (Fsp3) is 0.306. The molecular weight excluding hydrogens is 555 g/mol. The zero-order valence-electron chi connectivity index (χ0n) is 25.7. The maximum atomic E-state index is 14.9. The van der Waals surface area contributed by atoms with E-state index in [0.29, 0.717) is 5.56 Å². The summed E-state index contributed by atoms with van der Waals surface area (Å²) in [5.41, 5.74) is 2.49. The molecule has 4 aromatic rings. The summed E-state index contributed by atoms with van der Waals surface area (Å²) in [6.07, 6.45) is 0. The second-order valence-corrected chi connectivity index (χ2v) is 16.2. The SMILES string of the molecule is CC(C)N(C(=O)c1c(C(NS(=O)C(C)(C)C)c2ccccc2)cccc1P(c1ccccc1)c1ccccc1)C(C)C. The lowest BCUT2D eigenvalue weighted by molar-refractivity contribution is 0.0643. The Balaban J connectivity index is 2.07. The highest BCUT2D eigenvalue weighted by atomic mass is 32.2. The van der Waals surface area contributed by atoms with Gasteiger partial charge in [0.2, 0.25) is 0 Å². The van der Waals surface area contributed by atoms with Crippen molar-refractivity contribution in [2.24, 2.45) is 0 Å². The topological polar surface area (TPSA) is 49.4 Å². The van der Waals surface area contributed by atoms with Crippen LogP contribution in [-0.4, -0.2) is 31.8 Å². The fourth-order valence-corrected chi connectivity index (χ4v) is 8.54. The molecule has 2 unspecified atom stereocenters. The molecule has 4 rings (SSSR count). The van der Waals surface area contributed by atoms with Gasteiger partial charge < -0.3 is 4.90 Å². The van der Waals surface area contributed by atoms with Crippen LogP contribution in [0.1, 0.15) is 76.0 Å². The number of nitrogens with zero attached hydrogens (tertiary/aromatic N) is 1. The van der Waals surface area contributed by atoms with Crippen molar-refractivity contribution in [3.05, 3.63) is 126 Å². The van der Waals surface area contributed by atoms with Gasteiger partial charge in [-0.25, -0.2) is 8.93 Å². The van der Waals surface area contributed by atoms with Crippen LogP contribution in [0.15, 0.2) is 109 Å². The number of carbonyl (C=O) groups is 1. The molecule has 0 fully saturated rings. The smallest absolute Gasteiger partial charge is 0.255 e. The summed E-state index contributed by atoms with van der Waals surface area (Å²) in [5.74, 6) is -0.00534. The van der Waals surface area contributed by atoms with Crippen LogP contribution in [0.25, 0.3) is 0 Å². The number of hydrogen-bond acceptors (Lipinski definition) is 2. The Hall–Kier alpha value is -3.11. The molecule has 2 atom stereocenters. The van der Waals surface area contributed by atoms with Crippen molar-refractivity contribution in [3.63, 3.8) is 0 Å². The standard InChI is InChI=1S/C36H43N2O2PS/c1-26(2)38(27(3)4)35(39)33-31(34(28-18-11-8-12-19-28)37-42(40)36(5,6)7)24-17-25-32(33)41(29-20-13-9-14-21-29)30-22-15-10-16-23-30/h8-27,34,37H,1-7H3. The molecule has 0 saturated carbocycles. The van der Waals surface area contributed by atoms with Gasteiger partial charge in [0.1, 0.15) is 0 Å². The maximum Gasteiger partial charge on any atom is 0.255 e. The van der Waals surface area contributed by atoms with Crippen LogP contribution in [0.5, 0.6) is 0 Å². The molecule has 1 N–H and O–H groups in total. The number of carbonyl (C=O) groups excluding carboxylic acids is 1. The maximum absolute atomic E-state index is 14.9. The Morgan fingerprint density at radius 3 is 1.64 bits per heavy atom. The summed E-state index contributed by atoms with van der Waals surface area (Å²) in [4.78, 5) is 16.9. The molecule has 0 radical (unpaired) electrons. The van der Waals surface area contributed by atoms with Crippen LogP contribution in [0.4, 0.5) is 0 Å². The number of rotatable bonds is 10. The summed E-state index contributed by atoms with van der Waals surface area (Å²) in [6, 6.07) is 36.7. The van der Waals surface area contributed by atoms with Gasteiger partial charge in [-0.3, -0.25) is 4.79 Å². The first-order chi connectivity index (χ1) is 20.0. The lowest BCUT2D eigenvalue weighted by Gasteiger charge is -2.35. The summed E-state index contributed by atoms with van der Waals surface area (Å²) < 4.78 is 16.6. The summed E-state index contributed by atoms with van der Waals surface area (Å²) in [7, 11) is -2.44. The van der Waals surface area contributed by atoms with Gasteiger partial charge in [-0.1, -0.05) is 109 Å². The highest BCUT2D eigenvalue weighted by Gasteiger charge is 2.34. The third-order valence-corrected chi connectivity index (χ3v) is 11.2. The molecule has 42 heavy (non-hydrogen) atoms. The second kappa shape index (κ2) is 13.9. The molecule has 0 aliphatic carbocycles. The predicted octanol–water partition coefficient (Wildman–Crippen LogP) is 6.85. The van der Waals surface area contributed by atoms with Crippen molar-refractivity contribution in [1.82, 2.24) is 9.62 Å². The monoisotopic (exact) mass is 598 g/mol. The van der Waals surface area contributed by atoms with Crippen molar-refractivity contribution in [1.29, 1.82) is 0 Å². The molecule has 0 aliphatic heterocycles. The van der Waals surface area contributed by atoms with Crippen LogP contribution in [0.2, 0.25) is 0 Å². The van der Waals surface area contributed by atoms with Gasteiger partial charge >= 0.3 is 0 Å². The number of benzene rings is 4. The van der Waals surface area contributed by atoms with Gasteiger partial charge in [0, 0.05) is 12.1 Å². The largest absolute Gasteiger partial charge is 0.334 e.